The second kappa shape index (κ2) is 9.80. The summed E-state index contributed by atoms with van der Waals surface area (Å²) in [6, 6.07) is 25.1. The molecule has 2 amide bonds. The van der Waals surface area contributed by atoms with Crippen molar-refractivity contribution in [2.45, 2.75) is 13.8 Å². The Morgan fingerprint density at radius 3 is 2.29 bits per heavy atom. The molecule has 0 aliphatic rings. The van der Waals surface area contributed by atoms with Gasteiger partial charge in [0.2, 0.25) is 0 Å². The summed E-state index contributed by atoms with van der Waals surface area (Å²) in [6.45, 7) is 3.82. The fraction of sp³-hybridized carbons (Fsp3) is 0.0714. The average Bonchev–Trinajstić information content (AvgIpc) is 2.86. The van der Waals surface area contributed by atoms with Gasteiger partial charge in [-0.2, -0.15) is 5.26 Å². The number of pyridine rings is 1. The van der Waals surface area contributed by atoms with Gasteiger partial charge in [-0.3, -0.25) is 14.6 Å². The Morgan fingerprint density at radius 1 is 0.824 bits per heavy atom. The van der Waals surface area contributed by atoms with Crippen molar-refractivity contribution in [2.24, 2.45) is 0 Å². The van der Waals surface area contributed by atoms with Gasteiger partial charge in [-0.1, -0.05) is 24.3 Å². The van der Waals surface area contributed by atoms with E-state index < -0.39 is 0 Å². The zero-order valence-electron chi connectivity index (χ0n) is 18.8. The van der Waals surface area contributed by atoms with Crippen LogP contribution in [-0.2, 0) is 0 Å². The number of nitrogens with zero attached hydrogens (tertiary/aromatic N) is 2. The fourth-order valence-electron chi connectivity index (χ4n) is 3.56. The number of benzene rings is 3. The zero-order valence-corrected chi connectivity index (χ0v) is 18.8. The van der Waals surface area contributed by atoms with Crippen LogP contribution in [0, 0.1) is 25.2 Å². The number of carbonyl (C=O) groups excluding carboxylic acids is 2. The van der Waals surface area contributed by atoms with E-state index in [4.69, 9.17) is 5.26 Å². The zero-order chi connectivity index (χ0) is 24.1. The van der Waals surface area contributed by atoms with Crippen LogP contribution in [0.4, 0.5) is 11.4 Å². The number of hydrogen-bond donors (Lipinski definition) is 2. The molecule has 6 heteroatoms. The standard InChI is InChI=1S/C28H22N4O2/c1-18-8-9-23(28(34)32-26-7-4-14-30-19(26)2)16-25(18)21-10-12-22(13-11-21)27(33)31-24-6-3-5-20(15-24)17-29/h3-16H,1-2H3,(H,31,33)(H,32,34). The molecule has 34 heavy (non-hydrogen) atoms. The molecular weight excluding hydrogens is 424 g/mol. The van der Waals surface area contributed by atoms with Gasteiger partial charge in [0.1, 0.15) is 0 Å². The average molecular weight is 447 g/mol. The van der Waals surface area contributed by atoms with Crippen LogP contribution in [0.2, 0.25) is 0 Å². The summed E-state index contributed by atoms with van der Waals surface area (Å²) in [5.41, 5.74) is 6.30. The highest BCUT2D eigenvalue weighted by Crippen LogP contribution is 2.26. The minimum atomic E-state index is -0.265. The maximum Gasteiger partial charge on any atom is 0.255 e. The smallest absolute Gasteiger partial charge is 0.255 e. The Morgan fingerprint density at radius 2 is 1.56 bits per heavy atom. The molecule has 0 aliphatic heterocycles. The molecule has 4 aromatic rings. The molecule has 166 valence electrons. The minimum absolute atomic E-state index is 0.215. The third-order valence-electron chi connectivity index (χ3n) is 5.46. The quantitative estimate of drug-likeness (QED) is 0.409. The van der Waals surface area contributed by atoms with Crippen molar-refractivity contribution < 1.29 is 9.59 Å². The molecular formula is C28H22N4O2. The molecule has 1 aromatic heterocycles. The van der Waals surface area contributed by atoms with Crippen molar-refractivity contribution in [3.8, 4) is 17.2 Å². The van der Waals surface area contributed by atoms with Gasteiger partial charge in [0, 0.05) is 23.0 Å². The molecule has 2 N–H and O–H groups in total. The molecule has 0 unspecified atom stereocenters. The summed E-state index contributed by atoms with van der Waals surface area (Å²) in [7, 11) is 0. The topological polar surface area (TPSA) is 94.9 Å². The SMILES string of the molecule is Cc1ccc(C(=O)Nc2cccnc2C)cc1-c1ccc(C(=O)Nc2cccc(C#N)c2)cc1. The van der Waals surface area contributed by atoms with E-state index in [1.807, 2.05) is 44.2 Å². The Hall–Kier alpha value is -4.76. The van der Waals surface area contributed by atoms with E-state index in [1.54, 1.807) is 54.7 Å². The van der Waals surface area contributed by atoms with Gasteiger partial charge >= 0.3 is 0 Å². The van der Waals surface area contributed by atoms with Crippen molar-refractivity contribution in [1.29, 1.82) is 5.26 Å². The van der Waals surface area contributed by atoms with Crippen LogP contribution in [0.1, 0.15) is 37.5 Å². The summed E-state index contributed by atoms with van der Waals surface area (Å²) < 4.78 is 0. The summed E-state index contributed by atoms with van der Waals surface area (Å²) in [6.07, 6.45) is 1.68. The Balaban J connectivity index is 1.53. The maximum absolute atomic E-state index is 12.8. The van der Waals surface area contributed by atoms with E-state index >= 15 is 0 Å². The van der Waals surface area contributed by atoms with E-state index in [9.17, 15) is 9.59 Å². The van der Waals surface area contributed by atoms with Crippen molar-refractivity contribution in [2.75, 3.05) is 10.6 Å². The molecule has 0 spiro atoms. The molecule has 3 aromatic carbocycles. The van der Waals surface area contributed by atoms with Crippen molar-refractivity contribution in [3.05, 3.63) is 113 Å². The van der Waals surface area contributed by atoms with Gasteiger partial charge in [-0.05, 0) is 85.1 Å². The molecule has 4 rings (SSSR count). The van der Waals surface area contributed by atoms with E-state index in [0.29, 0.717) is 28.1 Å². The highest BCUT2D eigenvalue weighted by molar-refractivity contribution is 6.06. The number of amides is 2. The largest absolute Gasteiger partial charge is 0.322 e. The third-order valence-corrected chi connectivity index (χ3v) is 5.46. The molecule has 0 radical (unpaired) electrons. The van der Waals surface area contributed by atoms with E-state index in [2.05, 4.69) is 21.7 Å². The summed E-state index contributed by atoms with van der Waals surface area (Å²) in [5.74, 6) is -0.480. The van der Waals surface area contributed by atoms with Crippen molar-refractivity contribution in [3.63, 3.8) is 0 Å². The Bertz CT molecular complexity index is 1420. The van der Waals surface area contributed by atoms with Crippen LogP contribution in [0.5, 0.6) is 0 Å². The number of nitrogens with one attached hydrogen (secondary N) is 2. The molecule has 6 nitrogen and oxygen atoms in total. The van der Waals surface area contributed by atoms with Gasteiger partial charge < -0.3 is 10.6 Å². The normalized spacial score (nSPS) is 10.3. The number of aromatic nitrogens is 1. The molecule has 0 atom stereocenters. The lowest BCUT2D eigenvalue weighted by molar-refractivity contribution is 0.101. The van der Waals surface area contributed by atoms with Crippen LogP contribution in [-0.4, -0.2) is 16.8 Å². The first kappa shape index (κ1) is 22.4. The number of anilines is 2. The number of aryl methyl sites for hydroxylation is 2. The predicted molar refractivity (Wildman–Crippen MR) is 133 cm³/mol. The first-order chi connectivity index (χ1) is 16.4. The third kappa shape index (κ3) is 5.00. The minimum Gasteiger partial charge on any atom is -0.322 e. The number of hydrogen-bond acceptors (Lipinski definition) is 4. The predicted octanol–water partition coefficient (Wildman–Crippen LogP) is 5.74. The highest BCUT2D eigenvalue weighted by Gasteiger charge is 2.12. The fourth-order valence-corrected chi connectivity index (χ4v) is 3.56. The summed E-state index contributed by atoms with van der Waals surface area (Å²) in [5, 5.41) is 14.7. The first-order valence-electron chi connectivity index (χ1n) is 10.7. The first-order valence-corrected chi connectivity index (χ1v) is 10.7. The number of carbonyl (C=O) groups is 2. The number of nitriles is 1. The lowest BCUT2D eigenvalue weighted by Gasteiger charge is -2.12. The maximum atomic E-state index is 12.8. The molecule has 0 bridgehead atoms. The lowest BCUT2D eigenvalue weighted by Crippen LogP contribution is -2.13. The Kier molecular flexibility index (Phi) is 6.47. The van der Waals surface area contributed by atoms with Crippen LogP contribution in [0.25, 0.3) is 11.1 Å². The molecule has 0 aliphatic carbocycles. The van der Waals surface area contributed by atoms with E-state index in [-0.39, 0.29) is 11.8 Å². The van der Waals surface area contributed by atoms with Crippen LogP contribution < -0.4 is 10.6 Å². The van der Waals surface area contributed by atoms with Gasteiger partial charge in [-0.25, -0.2) is 0 Å². The van der Waals surface area contributed by atoms with Gasteiger partial charge in [0.15, 0.2) is 0 Å². The van der Waals surface area contributed by atoms with Crippen LogP contribution >= 0.6 is 0 Å². The van der Waals surface area contributed by atoms with E-state index in [1.165, 1.54) is 0 Å². The van der Waals surface area contributed by atoms with E-state index in [0.717, 1.165) is 22.4 Å². The van der Waals surface area contributed by atoms with Crippen LogP contribution in [0.3, 0.4) is 0 Å². The molecule has 0 fully saturated rings. The molecule has 1 heterocycles. The number of rotatable bonds is 5. The van der Waals surface area contributed by atoms with Crippen molar-refractivity contribution >= 4 is 23.2 Å². The molecule has 0 saturated carbocycles. The van der Waals surface area contributed by atoms with Crippen molar-refractivity contribution in [1.82, 2.24) is 4.98 Å². The Labute approximate surface area is 197 Å². The second-order valence-corrected chi connectivity index (χ2v) is 7.84. The highest BCUT2D eigenvalue weighted by atomic mass is 16.2. The lowest BCUT2D eigenvalue weighted by atomic mass is 9.97. The van der Waals surface area contributed by atoms with Gasteiger partial charge in [0.25, 0.3) is 11.8 Å². The van der Waals surface area contributed by atoms with Gasteiger partial charge in [-0.15, -0.1) is 0 Å². The monoisotopic (exact) mass is 446 g/mol. The van der Waals surface area contributed by atoms with Gasteiger partial charge in [0.05, 0.1) is 23.0 Å². The summed E-state index contributed by atoms with van der Waals surface area (Å²) >= 11 is 0. The van der Waals surface area contributed by atoms with Crippen LogP contribution in [0.15, 0.2) is 85.1 Å². The second-order valence-electron chi connectivity index (χ2n) is 7.84. The molecule has 0 saturated heterocycles. The summed E-state index contributed by atoms with van der Waals surface area (Å²) in [4.78, 5) is 29.6.